The SMILES string of the molecule is Cc1cc(C2CNCCO2)c(C)[nH]1. The van der Waals surface area contributed by atoms with Gasteiger partial charge in [0.05, 0.1) is 12.7 Å². The number of ether oxygens (including phenoxy) is 1. The lowest BCUT2D eigenvalue weighted by molar-refractivity contribution is 0.0274. The quantitative estimate of drug-likeness (QED) is 0.683. The molecule has 0 amide bonds. The summed E-state index contributed by atoms with van der Waals surface area (Å²) >= 11 is 0. The molecule has 1 saturated heterocycles. The van der Waals surface area contributed by atoms with E-state index in [9.17, 15) is 0 Å². The van der Waals surface area contributed by atoms with Crippen LogP contribution < -0.4 is 5.32 Å². The van der Waals surface area contributed by atoms with Gasteiger partial charge in [-0.3, -0.25) is 0 Å². The lowest BCUT2D eigenvalue weighted by Gasteiger charge is -2.23. The number of aryl methyl sites for hydroxylation is 2. The number of H-pyrrole nitrogens is 1. The number of morpholine rings is 1. The second-order valence-corrected chi connectivity index (χ2v) is 3.60. The van der Waals surface area contributed by atoms with Gasteiger partial charge in [0.25, 0.3) is 0 Å². The summed E-state index contributed by atoms with van der Waals surface area (Å²) in [4.78, 5) is 3.30. The fraction of sp³-hybridized carbons (Fsp3) is 0.600. The fourth-order valence-corrected chi connectivity index (χ4v) is 1.85. The third-order valence-corrected chi connectivity index (χ3v) is 2.46. The first-order valence-corrected chi connectivity index (χ1v) is 4.76. The maximum atomic E-state index is 5.68. The van der Waals surface area contributed by atoms with Gasteiger partial charge in [0.1, 0.15) is 0 Å². The Morgan fingerprint density at radius 1 is 1.46 bits per heavy atom. The van der Waals surface area contributed by atoms with Crippen molar-refractivity contribution in [3.05, 3.63) is 23.0 Å². The molecule has 1 aliphatic rings. The lowest BCUT2D eigenvalue weighted by atomic mass is 10.1. The van der Waals surface area contributed by atoms with Crippen molar-refractivity contribution < 1.29 is 4.74 Å². The predicted molar refractivity (Wildman–Crippen MR) is 51.8 cm³/mol. The van der Waals surface area contributed by atoms with Crippen molar-refractivity contribution in [3.63, 3.8) is 0 Å². The molecule has 2 heterocycles. The summed E-state index contributed by atoms with van der Waals surface area (Å²) in [7, 11) is 0. The van der Waals surface area contributed by atoms with Crippen molar-refractivity contribution in [2.75, 3.05) is 19.7 Å². The van der Waals surface area contributed by atoms with Gasteiger partial charge in [-0.1, -0.05) is 0 Å². The Morgan fingerprint density at radius 2 is 2.31 bits per heavy atom. The van der Waals surface area contributed by atoms with Crippen LogP contribution in [0, 0.1) is 13.8 Å². The minimum atomic E-state index is 0.235. The first-order chi connectivity index (χ1) is 6.27. The van der Waals surface area contributed by atoms with Crippen molar-refractivity contribution in [2.45, 2.75) is 20.0 Å². The van der Waals surface area contributed by atoms with Gasteiger partial charge in [-0.05, 0) is 19.9 Å². The van der Waals surface area contributed by atoms with E-state index in [1.807, 2.05) is 0 Å². The van der Waals surface area contributed by atoms with Crippen molar-refractivity contribution in [2.24, 2.45) is 0 Å². The maximum absolute atomic E-state index is 5.68. The highest BCUT2D eigenvalue weighted by Gasteiger charge is 2.18. The van der Waals surface area contributed by atoms with E-state index < -0.39 is 0 Å². The van der Waals surface area contributed by atoms with Crippen LogP contribution in [-0.2, 0) is 4.74 Å². The first-order valence-electron chi connectivity index (χ1n) is 4.76. The zero-order valence-electron chi connectivity index (χ0n) is 8.18. The van der Waals surface area contributed by atoms with Crippen molar-refractivity contribution in [1.82, 2.24) is 10.3 Å². The molecule has 0 bridgehead atoms. The monoisotopic (exact) mass is 180 g/mol. The lowest BCUT2D eigenvalue weighted by Crippen LogP contribution is -2.33. The van der Waals surface area contributed by atoms with E-state index in [1.165, 1.54) is 17.0 Å². The molecule has 1 fully saturated rings. The average molecular weight is 180 g/mol. The zero-order chi connectivity index (χ0) is 9.26. The molecule has 1 atom stereocenters. The molecular weight excluding hydrogens is 164 g/mol. The first kappa shape index (κ1) is 8.78. The van der Waals surface area contributed by atoms with E-state index in [2.05, 4.69) is 30.2 Å². The summed E-state index contributed by atoms with van der Waals surface area (Å²) in [5.74, 6) is 0. The Bertz CT molecular complexity index is 287. The summed E-state index contributed by atoms with van der Waals surface area (Å²) in [6.45, 7) is 6.89. The summed E-state index contributed by atoms with van der Waals surface area (Å²) < 4.78 is 5.68. The molecule has 3 nitrogen and oxygen atoms in total. The van der Waals surface area contributed by atoms with Crippen LogP contribution in [0.15, 0.2) is 6.07 Å². The highest BCUT2D eigenvalue weighted by molar-refractivity contribution is 5.27. The average Bonchev–Trinajstić information content (AvgIpc) is 2.47. The summed E-state index contributed by atoms with van der Waals surface area (Å²) in [6.07, 6.45) is 0.235. The number of aromatic amines is 1. The largest absolute Gasteiger partial charge is 0.371 e. The van der Waals surface area contributed by atoms with Crippen LogP contribution in [0.4, 0.5) is 0 Å². The molecule has 1 aromatic rings. The highest BCUT2D eigenvalue weighted by Crippen LogP contribution is 2.22. The van der Waals surface area contributed by atoms with E-state index in [-0.39, 0.29) is 6.10 Å². The van der Waals surface area contributed by atoms with Gasteiger partial charge in [-0.15, -0.1) is 0 Å². The predicted octanol–water partition coefficient (Wildman–Crippen LogP) is 1.29. The van der Waals surface area contributed by atoms with E-state index in [0.717, 1.165) is 19.7 Å². The topological polar surface area (TPSA) is 37.0 Å². The van der Waals surface area contributed by atoms with Gasteiger partial charge in [0.15, 0.2) is 0 Å². The van der Waals surface area contributed by atoms with E-state index in [1.54, 1.807) is 0 Å². The molecule has 0 radical (unpaired) electrons. The smallest absolute Gasteiger partial charge is 0.0967 e. The third kappa shape index (κ3) is 1.76. The molecule has 0 saturated carbocycles. The molecule has 0 aliphatic carbocycles. The number of rotatable bonds is 1. The standard InChI is InChI=1S/C10H16N2O/c1-7-5-9(8(2)12-7)10-6-11-3-4-13-10/h5,10-12H,3-4,6H2,1-2H3. The van der Waals surface area contributed by atoms with Gasteiger partial charge in [-0.2, -0.15) is 0 Å². The Labute approximate surface area is 78.5 Å². The van der Waals surface area contributed by atoms with Crippen LogP contribution in [0.1, 0.15) is 23.1 Å². The molecule has 72 valence electrons. The molecule has 1 aromatic heterocycles. The molecule has 1 aliphatic heterocycles. The summed E-state index contributed by atoms with van der Waals surface area (Å²) in [5, 5.41) is 3.33. The van der Waals surface area contributed by atoms with Crippen LogP contribution in [0.5, 0.6) is 0 Å². The van der Waals surface area contributed by atoms with E-state index in [0.29, 0.717) is 0 Å². The molecule has 13 heavy (non-hydrogen) atoms. The Kier molecular flexibility index (Phi) is 2.38. The molecule has 0 aromatic carbocycles. The second kappa shape index (κ2) is 3.52. The molecule has 0 spiro atoms. The third-order valence-electron chi connectivity index (χ3n) is 2.46. The molecular formula is C10H16N2O. The molecule has 3 heteroatoms. The van der Waals surface area contributed by atoms with Gasteiger partial charge < -0.3 is 15.0 Å². The number of aromatic nitrogens is 1. The Balaban J connectivity index is 2.18. The van der Waals surface area contributed by atoms with Crippen LogP contribution in [-0.4, -0.2) is 24.7 Å². The maximum Gasteiger partial charge on any atom is 0.0967 e. The molecule has 2 N–H and O–H groups in total. The van der Waals surface area contributed by atoms with Gasteiger partial charge in [0, 0.05) is 30.0 Å². The van der Waals surface area contributed by atoms with Crippen LogP contribution in [0.25, 0.3) is 0 Å². The number of hydrogen-bond donors (Lipinski definition) is 2. The number of nitrogens with one attached hydrogen (secondary N) is 2. The fourth-order valence-electron chi connectivity index (χ4n) is 1.85. The van der Waals surface area contributed by atoms with Gasteiger partial charge >= 0.3 is 0 Å². The van der Waals surface area contributed by atoms with Gasteiger partial charge in [-0.25, -0.2) is 0 Å². The van der Waals surface area contributed by atoms with Crippen LogP contribution >= 0.6 is 0 Å². The molecule has 1 unspecified atom stereocenters. The normalized spacial score (nSPS) is 23.4. The van der Waals surface area contributed by atoms with Crippen molar-refractivity contribution >= 4 is 0 Å². The minimum Gasteiger partial charge on any atom is -0.371 e. The van der Waals surface area contributed by atoms with Crippen LogP contribution in [0.2, 0.25) is 0 Å². The van der Waals surface area contributed by atoms with Gasteiger partial charge in [0.2, 0.25) is 0 Å². The Morgan fingerprint density at radius 3 is 2.85 bits per heavy atom. The summed E-state index contributed by atoms with van der Waals surface area (Å²) in [5.41, 5.74) is 3.73. The number of hydrogen-bond acceptors (Lipinski definition) is 2. The minimum absolute atomic E-state index is 0.235. The Hall–Kier alpha value is -0.800. The van der Waals surface area contributed by atoms with E-state index in [4.69, 9.17) is 4.74 Å². The van der Waals surface area contributed by atoms with E-state index >= 15 is 0 Å². The van der Waals surface area contributed by atoms with Crippen LogP contribution in [0.3, 0.4) is 0 Å². The summed E-state index contributed by atoms with van der Waals surface area (Å²) in [6, 6.07) is 2.17. The van der Waals surface area contributed by atoms with Crippen molar-refractivity contribution in [3.8, 4) is 0 Å². The zero-order valence-corrected chi connectivity index (χ0v) is 8.18. The molecule has 2 rings (SSSR count). The second-order valence-electron chi connectivity index (χ2n) is 3.60. The van der Waals surface area contributed by atoms with Crippen molar-refractivity contribution in [1.29, 1.82) is 0 Å². The highest BCUT2D eigenvalue weighted by atomic mass is 16.5.